The van der Waals surface area contributed by atoms with Gasteiger partial charge >= 0.3 is 0 Å². The van der Waals surface area contributed by atoms with Crippen LogP contribution in [0.3, 0.4) is 0 Å². The van der Waals surface area contributed by atoms with Crippen molar-refractivity contribution < 1.29 is 0 Å². The van der Waals surface area contributed by atoms with Gasteiger partial charge in [0.25, 0.3) is 0 Å². The van der Waals surface area contributed by atoms with Crippen LogP contribution in [0.25, 0.3) is 95.0 Å². The highest BCUT2D eigenvalue weighted by atomic mass is 15.0. The molecular formula is C57H44N4. The second-order valence-electron chi connectivity index (χ2n) is 16.2. The van der Waals surface area contributed by atoms with Crippen LogP contribution in [-0.2, 0) is 0 Å². The average Bonchev–Trinajstić information content (AvgIpc) is 3.69. The fraction of sp³-hybridized carbons (Fsp3) is 0.105. The van der Waals surface area contributed by atoms with Gasteiger partial charge in [0.1, 0.15) is 0 Å². The molecule has 0 saturated heterocycles. The smallest absolute Gasteiger partial charge is 0.164 e. The van der Waals surface area contributed by atoms with E-state index in [2.05, 4.69) is 193 Å². The minimum Gasteiger partial charge on any atom is -0.309 e. The first-order valence-electron chi connectivity index (χ1n) is 21.6. The molecule has 0 amide bonds. The molecule has 1 saturated carbocycles. The molecule has 0 unspecified atom stereocenters. The van der Waals surface area contributed by atoms with Crippen molar-refractivity contribution in [3.05, 3.63) is 206 Å². The first-order valence-corrected chi connectivity index (χ1v) is 21.6. The van der Waals surface area contributed by atoms with Crippen molar-refractivity contribution in [1.82, 2.24) is 19.5 Å². The van der Waals surface area contributed by atoms with Crippen LogP contribution in [0.15, 0.2) is 200 Å². The molecule has 292 valence electrons. The molecule has 2 aromatic heterocycles. The average molecular weight is 785 g/mol. The fourth-order valence-corrected chi connectivity index (χ4v) is 9.43. The largest absolute Gasteiger partial charge is 0.309 e. The monoisotopic (exact) mass is 784 g/mol. The molecule has 2 heterocycles. The molecule has 0 atom stereocenters. The lowest BCUT2D eigenvalue weighted by atomic mass is 9.82. The van der Waals surface area contributed by atoms with Gasteiger partial charge in [0.05, 0.1) is 16.7 Å². The Hall–Kier alpha value is -7.43. The van der Waals surface area contributed by atoms with Crippen molar-refractivity contribution in [2.75, 3.05) is 0 Å². The zero-order chi connectivity index (χ0) is 40.5. The van der Waals surface area contributed by atoms with E-state index >= 15 is 0 Å². The Kier molecular flexibility index (Phi) is 9.59. The first-order chi connectivity index (χ1) is 30.2. The van der Waals surface area contributed by atoms with E-state index in [1.165, 1.54) is 70.6 Å². The number of nitrogens with zero attached hydrogens (tertiary/aromatic N) is 4. The van der Waals surface area contributed by atoms with Gasteiger partial charge in [-0.1, -0.05) is 201 Å². The Morgan fingerprint density at radius 1 is 0.361 bits per heavy atom. The molecule has 0 radical (unpaired) electrons. The van der Waals surface area contributed by atoms with Crippen molar-refractivity contribution in [2.45, 2.75) is 38.0 Å². The Morgan fingerprint density at radius 2 is 0.820 bits per heavy atom. The van der Waals surface area contributed by atoms with Gasteiger partial charge in [-0.3, -0.25) is 0 Å². The number of fused-ring (bicyclic) bond motifs is 3. The number of para-hydroxylation sites is 1. The molecule has 0 bridgehead atoms. The maximum absolute atomic E-state index is 5.26. The van der Waals surface area contributed by atoms with Crippen LogP contribution in [0.5, 0.6) is 0 Å². The van der Waals surface area contributed by atoms with Crippen LogP contribution in [0.2, 0.25) is 0 Å². The summed E-state index contributed by atoms with van der Waals surface area (Å²) in [6.07, 6.45) is 6.42. The maximum Gasteiger partial charge on any atom is 0.164 e. The van der Waals surface area contributed by atoms with Crippen molar-refractivity contribution >= 4 is 21.8 Å². The number of aromatic nitrogens is 4. The van der Waals surface area contributed by atoms with Gasteiger partial charge in [0, 0.05) is 33.0 Å². The topological polar surface area (TPSA) is 43.6 Å². The van der Waals surface area contributed by atoms with E-state index in [-0.39, 0.29) is 0 Å². The highest BCUT2D eigenvalue weighted by Gasteiger charge is 2.24. The van der Waals surface area contributed by atoms with Gasteiger partial charge in [-0.25, -0.2) is 15.0 Å². The molecule has 1 fully saturated rings. The van der Waals surface area contributed by atoms with Crippen molar-refractivity contribution in [2.24, 2.45) is 0 Å². The summed E-state index contributed by atoms with van der Waals surface area (Å²) in [5.74, 6) is 2.47. The number of hydrogen-bond acceptors (Lipinski definition) is 3. The zero-order valence-electron chi connectivity index (χ0n) is 34.0. The number of rotatable bonds is 8. The molecule has 4 nitrogen and oxygen atoms in total. The molecule has 0 aliphatic heterocycles. The molecule has 1 aliphatic carbocycles. The van der Waals surface area contributed by atoms with E-state index in [0.717, 1.165) is 44.6 Å². The minimum atomic E-state index is 0.571. The third-order valence-electron chi connectivity index (χ3n) is 12.5. The van der Waals surface area contributed by atoms with Crippen LogP contribution in [-0.4, -0.2) is 19.5 Å². The molecule has 4 heteroatoms. The Morgan fingerprint density at radius 3 is 1.41 bits per heavy atom. The molecule has 0 spiro atoms. The maximum atomic E-state index is 5.26. The highest BCUT2D eigenvalue weighted by molar-refractivity contribution is 6.11. The second kappa shape index (κ2) is 16.0. The summed E-state index contributed by atoms with van der Waals surface area (Å²) in [5.41, 5.74) is 14.7. The quantitative estimate of drug-likeness (QED) is 0.154. The summed E-state index contributed by atoms with van der Waals surface area (Å²) in [5, 5.41) is 2.67. The van der Waals surface area contributed by atoms with E-state index in [0.29, 0.717) is 23.4 Å². The van der Waals surface area contributed by atoms with Crippen LogP contribution in [0.4, 0.5) is 0 Å². The van der Waals surface area contributed by atoms with E-state index in [1.54, 1.807) is 0 Å². The minimum absolute atomic E-state index is 0.571. The predicted molar refractivity (Wildman–Crippen MR) is 253 cm³/mol. The fourth-order valence-electron chi connectivity index (χ4n) is 9.43. The van der Waals surface area contributed by atoms with Crippen LogP contribution in [0, 0.1) is 0 Å². The Labute approximate surface area is 356 Å². The zero-order valence-corrected chi connectivity index (χ0v) is 34.0. The summed E-state index contributed by atoms with van der Waals surface area (Å²) >= 11 is 0. The Bertz CT molecular complexity index is 3030. The summed E-state index contributed by atoms with van der Waals surface area (Å²) in [6.45, 7) is 0. The lowest BCUT2D eigenvalue weighted by Gasteiger charge is -2.23. The van der Waals surface area contributed by atoms with Crippen LogP contribution >= 0.6 is 0 Å². The molecule has 0 N–H and O–H groups in total. The highest BCUT2D eigenvalue weighted by Crippen LogP contribution is 2.43. The van der Waals surface area contributed by atoms with E-state index < -0.39 is 0 Å². The third kappa shape index (κ3) is 7.00. The van der Waals surface area contributed by atoms with Gasteiger partial charge in [-0.05, 0) is 70.3 Å². The number of hydrogen-bond donors (Lipinski definition) is 0. The molecule has 11 rings (SSSR count). The van der Waals surface area contributed by atoms with Crippen LogP contribution in [0.1, 0.15) is 43.6 Å². The summed E-state index contributed by atoms with van der Waals surface area (Å²) < 4.78 is 2.48. The Balaban J connectivity index is 1.11. The first kappa shape index (κ1) is 36.6. The molecule has 8 aromatic carbocycles. The molecular weight excluding hydrogens is 741 g/mol. The van der Waals surface area contributed by atoms with Gasteiger partial charge in [-0.15, -0.1) is 0 Å². The van der Waals surface area contributed by atoms with E-state index in [4.69, 9.17) is 15.0 Å². The van der Waals surface area contributed by atoms with Gasteiger partial charge < -0.3 is 4.57 Å². The van der Waals surface area contributed by atoms with Gasteiger partial charge in [-0.2, -0.15) is 0 Å². The SMILES string of the molecule is c1ccc(-c2ccc(-c3nc(-c4ccc(-c5ccccc5)cc4)nc(-c4ccc(-c5ccccc5)c(-n5c6ccccc6c6c(C7CCCCC7)cccc65)c4)n3)cc2)cc1. The summed E-state index contributed by atoms with van der Waals surface area (Å²) in [7, 11) is 0. The van der Waals surface area contributed by atoms with Gasteiger partial charge in [0.15, 0.2) is 17.5 Å². The lowest BCUT2D eigenvalue weighted by molar-refractivity contribution is 0.445. The van der Waals surface area contributed by atoms with Crippen molar-refractivity contribution in [3.63, 3.8) is 0 Å². The molecule has 61 heavy (non-hydrogen) atoms. The van der Waals surface area contributed by atoms with Gasteiger partial charge in [0.2, 0.25) is 0 Å². The van der Waals surface area contributed by atoms with Crippen molar-refractivity contribution in [1.29, 1.82) is 0 Å². The number of benzene rings is 8. The second-order valence-corrected chi connectivity index (χ2v) is 16.2. The predicted octanol–water partition coefficient (Wildman–Crippen LogP) is 15.0. The van der Waals surface area contributed by atoms with E-state index in [1.807, 2.05) is 12.1 Å². The standard InChI is InChI=1S/C57H44N4/c1-5-16-39(17-6-1)41-28-32-45(33-29-41)55-58-56(46-34-30-42(31-35-46)40-18-7-2-8-19-40)60-57(59-55)47-36-37-48(43-20-9-3-10-21-43)53(38-47)61-51-26-14-13-24-50(51)54-49(25-15-27-52(54)61)44-22-11-4-12-23-44/h1-3,5-10,13-21,24-38,44H,4,11-12,22-23H2. The lowest BCUT2D eigenvalue weighted by Crippen LogP contribution is -2.05. The summed E-state index contributed by atoms with van der Waals surface area (Å²) in [6, 6.07) is 71.4. The normalized spacial score (nSPS) is 13.2. The molecule has 10 aromatic rings. The summed E-state index contributed by atoms with van der Waals surface area (Å²) in [4.78, 5) is 15.7. The molecule has 1 aliphatic rings. The van der Waals surface area contributed by atoms with E-state index in [9.17, 15) is 0 Å². The van der Waals surface area contributed by atoms with Crippen molar-refractivity contribution in [3.8, 4) is 73.2 Å². The third-order valence-corrected chi connectivity index (χ3v) is 12.5. The van der Waals surface area contributed by atoms with Crippen LogP contribution < -0.4 is 0 Å².